The Morgan fingerprint density at radius 2 is 1.75 bits per heavy atom. The maximum atomic E-state index is 3.58. The molecule has 1 N–H and O–H groups in total. The van der Waals surface area contributed by atoms with Crippen LogP contribution < -0.4 is 5.32 Å². The van der Waals surface area contributed by atoms with Crippen molar-refractivity contribution in [2.24, 2.45) is 5.41 Å². The van der Waals surface area contributed by atoms with Crippen LogP contribution in [0.2, 0.25) is 0 Å². The number of allylic oxidation sites excluding steroid dienone is 1. The maximum absolute atomic E-state index is 3.58. The van der Waals surface area contributed by atoms with E-state index in [1.807, 2.05) is 0 Å². The Labute approximate surface area is 122 Å². The van der Waals surface area contributed by atoms with E-state index in [0.717, 1.165) is 6.54 Å². The molecule has 0 spiro atoms. The summed E-state index contributed by atoms with van der Waals surface area (Å²) in [7, 11) is 0. The summed E-state index contributed by atoms with van der Waals surface area (Å²) in [6.45, 7) is 9.79. The first-order valence-corrected chi connectivity index (χ1v) is 7.36. The lowest BCUT2D eigenvalue weighted by molar-refractivity contribution is 0.539. The molecule has 0 saturated heterocycles. The fourth-order valence-electron chi connectivity index (χ4n) is 2.40. The molecule has 0 aliphatic heterocycles. The molecular formula is C19H25N. The van der Waals surface area contributed by atoms with E-state index >= 15 is 0 Å². The summed E-state index contributed by atoms with van der Waals surface area (Å²) >= 11 is 0. The zero-order valence-electron chi connectivity index (χ0n) is 13.0. The number of fused-ring (bicyclic) bond motifs is 1. The lowest BCUT2D eigenvalue weighted by Gasteiger charge is -2.16. The van der Waals surface area contributed by atoms with Gasteiger partial charge < -0.3 is 5.32 Å². The molecule has 0 amide bonds. The van der Waals surface area contributed by atoms with E-state index in [2.05, 4.69) is 87.6 Å². The van der Waals surface area contributed by atoms with Crippen LogP contribution >= 0.6 is 0 Å². The van der Waals surface area contributed by atoms with Crippen molar-refractivity contribution in [3.05, 3.63) is 60.2 Å². The fourth-order valence-corrected chi connectivity index (χ4v) is 2.40. The summed E-state index contributed by atoms with van der Waals surface area (Å²) in [6, 6.07) is 15.5. The molecule has 2 rings (SSSR count). The van der Waals surface area contributed by atoms with Crippen molar-refractivity contribution < 1.29 is 0 Å². The van der Waals surface area contributed by atoms with Gasteiger partial charge in [-0.2, -0.15) is 0 Å². The number of hydrogen-bond donors (Lipinski definition) is 1. The van der Waals surface area contributed by atoms with E-state index in [4.69, 9.17) is 0 Å². The van der Waals surface area contributed by atoms with Gasteiger partial charge in [-0.05, 0) is 28.7 Å². The van der Waals surface area contributed by atoms with Gasteiger partial charge in [-0.3, -0.25) is 0 Å². The average molecular weight is 267 g/mol. The first kappa shape index (κ1) is 14.8. The molecule has 0 fully saturated rings. The van der Waals surface area contributed by atoms with E-state index in [1.165, 1.54) is 16.3 Å². The second-order valence-corrected chi connectivity index (χ2v) is 6.47. The SMILES string of the molecule is C[C@@H](NC/C=C\C(C)(C)C)c1cccc2ccccc12. The molecule has 0 heterocycles. The lowest BCUT2D eigenvalue weighted by Crippen LogP contribution is -2.19. The highest BCUT2D eigenvalue weighted by molar-refractivity contribution is 5.86. The van der Waals surface area contributed by atoms with E-state index in [9.17, 15) is 0 Å². The van der Waals surface area contributed by atoms with Gasteiger partial charge in [0.05, 0.1) is 0 Å². The van der Waals surface area contributed by atoms with Gasteiger partial charge in [0.2, 0.25) is 0 Å². The normalized spacial score (nSPS) is 14.0. The molecule has 0 unspecified atom stereocenters. The molecule has 0 aliphatic rings. The monoisotopic (exact) mass is 267 g/mol. The van der Waals surface area contributed by atoms with Crippen molar-refractivity contribution in [3.8, 4) is 0 Å². The topological polar surface area (TPSA) is 12.0 Å². The van der Waals surface area contributed by atoms with E-state index in [-0.39, 0.29) is 5.41 Å². The second kappa shape index (κ2) is 6.23. The lowest BCUT2D eigenvalue weighted by atomic mass is 9.96. The number of nitrogens with one attached hydrogen (secondary N) is 1. The molecule has 0 aromatic heterocycles. The second-order valence-electron chi connectivity index (χ2n) is 6.47. The van der Waals surface area contributed by atoms with Gasteiger partial charge in [0.25, 0.3) is 0 Å². The van der Waals surface area contributed by atoms with E-state index in [0.29, 0.717) is 6.04 Å². The Morgan fingerprint density at radius 3 is 2.50 bits per heavy atom. The third-order valence-electron chi connectivity index (χ3n) is 3.45. The standard InChI is InChI=1S/C19H25N/c1-15(20-14-8-13-19(2,3)4)17-12-7-10-16-9-5-6-11-18(16)17/h5-13,15,20H,14H2,1-4H3/b13-8-/t15-/m1/s1. The molecule has 106 valence electrons. The predicted octanol–water partition coefficient (Wildman–Crippen LogP) is 5.09. The molecule has 1 nitrogen and oxygen atoms in total. The van der Waals surface area contributed by atoms with Crippen LogP contribution in [-0.2, 0) is 0 Å². The average Bonchev–Trinajstić information content (AvgIpc) is 2.41. The summed E-state index contributed by atoms with van der Waals surface area (Å²) in [6.07, 6.45) is 4.48. The van der Waals surface area contributed by atoms with Crippen molar-refractivity contribution in [2.75, 3.05) is 6.54 Å². The summed E-state index contributed by atoms with van der Waals surface area (Å²) in [5.74, 6) is 0. The molecule has 2 aromatic rings. The summed E-state index contributed by atoms with van der Waals surface area (Å²) < 4.78 is 0. The summed E-state index contributed by atoms with van der Waals surface area (Å²) in [5.41, 5.74) is 1.62. The number of benzene rings is 2. The minimum absolute atomic E-state index is 0.254. The van der Waals surface area contributed by atoms with Crippen LogP contribution in [0.15, 0.2) is 54.6 Å². The third kappa shape index (κ3) is 3.94. The van der Waals surface area contributed by atoms with Crippen molar-refractivity contribution >= 4 is 10.8 Å². The van der Waals surface area contributed by atoms with Gasteiger partial charge in [0.15, 0.2) is 0 Å². The Bertz CT molecular complexity index is 585. The summed E-state index contributed by atoms with van der Waals surface area (Å²) in [5, 5.41) is 6.23. The minimum Gasteiger partial charge on any atom is -0.307 e. The van der Waals surface area contributed by atoms with E-state index in [1.54, 1.807) is 0 Å². The fraction of sp³-hybridized carbons (Fsp3) is 0.368. The maximum Gasteiger partial charge on any atom is 0.0300 e. The van der Waals surface area contributed by atoms with Crippen LogP contribution in [0.1, 0.15) is 39.3 Å². The Kier molecular flexibility index (Phi) is 4.61. The van der Waals surface area contributed by atoms with Crippen LogP contribution in [0, 0.1) is 5.41 Å². The molecule has 0 bridgehead atoms. The Hall–Kier alpha value is -1.60. The largest absolute Gasteiger partial charge is 0.307 e. The van der Waals surface area contributed by atoms with Gasteiger partial charge in [-0.15, -0.1) is 0 Å². The number of hydrogen-bond acceptors (Lipinski definition) is 1. The van der Waals surface area contributed by atoms with E-state index < -0.39 is 0 Å². The van der Waals surface area contributed by atoms with Crippen LogP contribution in [0.4, 0.5) is 0 Å². The highest BCUT2D eigenvalue weighted by Gasteiger charge is 2.08. The molecule has 1 atom stereocenters. The van der Waals surface area contributed by atoms with Gasteiger partial charge in [-0.25, -0.2) is 0 Å². The highest BCUT2D eigenvalue weighted by atomic mass is 14.9. The van der Waals surface area contributed by atoms with Gasteiger partial charge in [0.1, 0.15) is 0 Å². The third-order valence-corrected chi connectivity index (χ3v) is 3.45. The first-order chi connectivity index (χ1) is 9.47. The van der Waals surface area contributed by atoms with Crippen molar-refractivity contribution in [1.82, 2.24) is 5.32 Å². The molecular weight excluding hydrogens is 242 g/mol. The molecule has 20 heavy (non-hydrogen) atoms. The summed E-state index contributed by atoms with van der Waals surface area (Å²) in [4.78, 5) is 0. The minimum atomic E-state index is 0.254. The van der Waals surface area contributed by atoms with Crippen molar-refractivity contribution in [1.29, 1.82) is 0 Å². The van der Waals surface area contributed by atoms with Crippen LogP contribution in [0.3, 0.4) is 0 Å². The highest BCUT2D eigenvalue weighted by Crippen LogP contribution is 2.23. The predicted molar refractivity (Wildman–Crippen MR) is 89.0 cm³/mol. The smallest absolute Gasteiger partial charge is 0.0300 e. The van der Waals surface area contributed by atoms with Crippen LogP contribution in [0.25, 0.3) is 10.8 Å². The first-order valence-electron chi connectivity index (χ1n) is 7.36. The zero-order valence-corrected chi connectivity index (χ0v) is 13.0. The van der Waals surface area contributed by atoms with Crippen molar-refractivity contribution in [2.45, 2.75) is 33.7 Å². The van der Waals surface area contributed by atoms with Gasteiger partial charge >= 0.3 is 0 Å². The Morgan fingerprint density at radius 1 is 1.05 bits per heavy atom. The molecule has 0 radical (unpaired) electrons. The zero-order chi connectivity index (χ0) is 14.6. The molecule has 0 saturated carbocycles. The van der Waals surface area contributed by atoms with Crippen molar-refractivity contribution in [3.63, 3.8) is 0 Å². The molecule has 0 aliphatic carbocycles. The molecule has 2 aromatic carbocycles. The van der Waals surface area contributed by atoms with Gasteiger partial charge in [0, 0.05) is 12.6 Å². The quantitative estimate of drug-likeness (QED) is 0.761. The number of rotatable bonds is 4. The molecule has 1 heteroatoms. The van der Waals surface area contributed by atoms with Crippen LogP contribution in [-0.4, -0.2) is 6.54 Å². The van der Waals surface area contributed by atoms with Crippen LogP contribution in [0.5, 0.6) is 0 Å². The van der Waals surface area contributed by atoms with Gasteiger partial charge in [-0.1, -0.05) is 75.4 Å². The Balaban J connectivity index is 2.08.